The Morgan fingerprint density at radius 1 is 1.12 bits per heavy atom. The monoisotopic (exact) mass is 432 g/mol. The van der Waals surface area contributed by atoms with Gasteiger partial charge in [0.2, 0.25) is 11.7 Å². The summed E-state index contributed by atoms with van der Waals surface area (Å²) in [6.07, 6.45) is 4.98. The van der Waals surface area contributed by atoms with E-state index in [1.165, 1.54) is 11.1 Å². The van der Waals surface area contributed by atoms with Crippen molar-refractivity contribution in [2.24, 2.45) is 5.92 Å². The molecule has 1 N–H and O–H groups in total. The number of fused-ring (bicyclic) bond motifs is 1. The van der Waals surface area contributed by atoms with E-state index in [1.54, 1.807) is 7.11 Å². The third-order valence-electron chi connectivity index (χ3n) is 6.51. The van der Waals surface area contributed by atoms with Gasteiger partial charge in [0.05, 0.1) is 19.1 Å². The topological polar surface area (TPSA) is 80.5 Å². The summed E-state index contributed by atoms with van der Waals surface area (Å²) in [7, 11) is 1.64. The highest BCUT2D eigenvalue weighted by atomic mass is 16.5. The first-order valence-electron chi connectivity index (χ1n) is 11.3. The number of aromatic nitrogens is 2. The van der Waals surface area contributed by atoms with E-state index in [4.69, 9.17) is 9.26 Å². The number of hydrogen-bond acceptors (Lipinski definition) is 6. The van der Waals surface area contributed by atoms with Crippen LogP contribution >= 0.6 is 0 Å². The van der Waals surface area contributed by atoms with Crippen molar-refractivity contribution in [2.45, 2.75) is 38.1 Å². The predicted molar refractivity (Wildman–Crippen MR) is 121 cm³/mol. The maximum absolute atomic E-state index is 13.1. The van der Waals surface area contributed by atoms with Crippen LogP contribution in [-0.2, 0) is 11.2 Å². The molecule has 166 valence electrons. The summed E-state index contributed by atoms with van der Waals surface area (Å²) in [6, 6.07) is 16.6. The number of nitrogens with one attached hydrogen (secondary N) is 1. The van der Waals surface area contributed by atoms with Gasteiger partial charge in [-0.3, -0.25) is 4.79 Å². The lowest BCUT2D eigenvalue weighted by Crippen LogP contribution is -2.44. The molecule has 0 unspecified atom stereocenters. The van der Waals surface area contributed by atoms with Gasteiger partial charge in [-0.05, 0) is 67.5 Å². The van der Waals surface area contributed by atoms with Crippen LogP contribution in [-0.4, -0.2) is 36.2 Å². The first kappa shape index (κ1) is 20.5. The Kier molecular flexibility index (Phi) is 5.79. The molecule has 0 radical (unpaired) electrons. The van der Waals surface area contributed by atoms with Crippen molar-refractivity contribution in [3.05, 3.63) is 59.7 Å². The molecule has 2 aliphatic rings. The number of carbonyl (C=O) groups is 1. The zero-order valence-corrected chi connectivity index (χ0v) is 18.3. The SMILES string of the molecule is COc1ccc(-c2noc(N3CCC[C@H](C(=O)N[C@@H]4CCCc5ccccc54)C3)n2)cc1. The largest absolute Gasteiger partial charge is 0.497 e. The fraction of sp³-hybridized carbons (Fsp3) is 0.400. The molecule has 1 aliphatic heterocycles. The quantitative estimate of drug-likeness (QED) is 0.652. The van der Waals surface area contributed by atoms with Gasteiger partial charge in [0.15, 0.2) is 0 Å². The van der Waals surface area contributed by atoms with Crippen molar-refractivity contribution in [3.8, 4) is 17.1 Å². The number of piperidine rings is 1. The third-order valence-corrected chi connectivity index (χ3v) is 6.51. The average molecular weight is 433 g/mol. The molecule has 0 spiro atoms. The molecule has 1 fully saturated rings. The fourth-order valence-electron chi connectivity index (χ4n) is 4.76. The summed E-state index contributed by atoms with van der Waals surface area (Å²) in [5.74, 6) is 1.34. The van der Waals surface area contributed by atoms with Crippen LogP contribution in [0.25, 0.3) is 11.4 Å². The molecule has 32 heavy (non-hydrogen) atoms. The number of amides is 1. The van der Waals surface area contributed by atoms with E-state index in [9.17, 15) is 4.79 Å². The summed E-state index contributed by atoms with van der Waals surface area (Å²) in [4.78, 5) is 19.7. The molecular formula is C25H28N4O3. The van der Waals surface area contributed by atoms with Gasteiger partial charge in [0, 0.05) is 18.7 Å². The van der Waals surface area contributed by atoms with Crippen molar-refractivity contribution < 1.29 is 14.1 Å². The lowest BCUT2D eigenvalue weighted by molar-refractivity contribution is -0.126. The van der Waals surface area contributed by atoms with Gasteiger partial charge in [0.1, 0.15) is 5.75 Å². The number of aryl methyl sites for hydroxylation is 1. The number of methoxy groups -OCH3 is 1. The Labute approximate surface area is 187 Å². The van der Waals surface area contributed by atoms with Gasteiger partial charge in [-0.1, -0.05) is 29.4 Å². The second-order valence-corrected chi connectivity index (χ2v) is 8.57. The Morgan fingerprint density at radius 3 is 2.81 bits per heavy atom. The maximum Gasteiger partial charge on any atom is 0.324 e. The van der Waals surface area contributed by atoms with Crippen molar-refractivity contribution in [1.82, 2.24) is 15.5 Å². The van der Waals surface area contributed by atoms with Gasteiger partial charge in [-0.2, -0.15) is 4.98 Å². The van der Waals surface area contributed by atoms with E-state index in [0.717, 1.165) is 50.0 Å². The van der Waals surface area contributed by atoms with E-state index in [-0.39, 0.29) is 17.9 Å². The number of carbonyl (C=O) groups excluding carboxylic acids is 1. The Morgan fingerprint density at radius 2 is 1.97 bits per heavy atom. The Balaban J connectivity index is 1.25. The Hall–Kier alpha value is -3.35. The number of hydrogen-bond donors (Lipinski definition) is 1. The summed E-state index contributed by atoms with van der Waals surface area (Å²) >= 11 is 0. The molecule has 1 aliphatic carbocycles. The summed E-state index contributed by atoms with van der Waals surface area (Å²) in [5, 5.41) is 7.45. The molecule has 7 nitrogen and oxygen atoms in total. The molecule has 2 heterocycles. The van der Waals surface area contributed by atoms with E-state index in [1.807, 2.05) is 29.2 Å². The van der Waals surface area contributed by atoms with Gasteiger partial charge < -0.3 is 19.5 Å². The van der Waals surface area contributed by atoms with Crippen LogP contribution in [0.4, 0.5) is 6.01 Å². The molecule has 5 rings (SSSR count). The zero-order chi connectivity index (χ0) is 21.9. The number of anilines is 1. The van der Waals surface area contributed by atoms with Crippen LogP contribution in [0.1, 0.15) is 42.9 Å². The minimum absolute atomic E-state index is 0.0887. The van der Waals surface area contributed by atoms with Crippen molar-refractivity contribution in [2.75, 3.05) is 25.1 Å². The van der Waals surface area contributed by atoms with Gasteiger partial charge in [-0.15, -0.1) is 0 Å². The average Bonchev–Trinajstić information content (AvgIpc) is 3.35. The minimum atomic E-state index is -0.0887. The van der Waals surface area contributed by atoms with Crippen LogP contribution in [0.2, 0.25) is 0 Å². The zero-order valence-electron chi connectivity index (χ0n) is 18.3. The highest BCUT2D eigenvalue weighted by Crippen LogP contribution is 2.31. The first-order chi connectivity index (χ1) is 15.7. The van der Waals surface area contributed by atoms with Crippen molar-refractivity contribution in [1.29, 1.82) is 0 Å². The summed E-state index contributed by atoms with van der Waals surface area (Å²) in [5.41, 5.74) is 3.48. The number of benzene rings is 2. The summed E-state index contributed by atoms with van der Waals surface area (Å²) in [6.45, 7) is 1.39. The van der Waals surface area contributed by atoms with E-state index < -0.39 is 0 Å². The van der Waals surface area contributed by atoms with Crippen LogP contribution in [0.3, 0.4) is 0 Å². The molecule has 1 amide bonds. The van der Waals surface area contributed by atoms with Gasteiger partial charge >= 0.3 is 6.01 Å². The number of ether oxygens (including phenoxy) is 1. The van der Waals surface area contributed by atoms with E-state index in [0.29, 0.717) is 18.4 Å². The van der Waals surface area contributed by atoms with Gasteiger partial charge in [0.25, 0.3) is 0 Å². The minimum Gasteiger partial charge on any atom is -0.497 e. The normalized spacial score (nSPS) is 20.5. The molecule has 7 heteroatoms. The molecule has 0 saturated carbocycles. The number of nitrogens with zero attached hydrogens (tertiary/aromatic N) is 3. The smallest absolute Gasteiger partial charge is 0.324 e. The molecule has 1 saturated heterocycles. The second-order valence-electron chi connectivity index (χ2n) is 8.57. The molecule has 2 aromatic carbocycles. The van der Waals surface area contributed by atoms with Crippen LogP contribution < -0.4 is 15.0 Å². The standard InChI is InChI=1S/C25H28N4O3/c1-31-20-13-11-18(12-14-20)23-27-25(32-28-23)29-15-5-8-19(16-29)24(30)26-22-10-4-7-17-6-2-3-9-21(17)22/h2-3,6,9,11-14,19,22H,4-5,7-8,10,15-16H2,1H3,(H,26,30)/t19-,22+/m0/s1. The molecule has 3 aromatic rings. The second kappa shape index (κ2) is 9.02. The van der Waals surface area contributed by atoms with Crippen LogP contribution in [0.5, 0.6) is 5.75 Å². The van der Waals surface area contributed by atoms with Crippen molar-refractivity contribution in [3.63, 3.8) is 0 Å². The fourth-order valence-corrected chi connectivity index (χ4v) is 4.76. The van der Waals surface area contributed by atoms with Crippen LogP contribution in [0.15, 0.2) is 53.1 Å². The summed E-state index contributed by atoms with van der Waals surface area (Å²) < 4.78 is 10.7. The third kappa shape index (κ3) is 4.20. The maximum atomic E-state index is 13.1. The lowest BCUT2D eigenvalue weighted by Gasteiger charge is -2.33. The van der Waals surface area contributed by atoms with Gasteiger partial charge in [-0.25, -0.2) is 0 Å². The lowest BCUT2D eigenvalue weighted by atomic mass is 9.87. The van der Waals surface area contributed by atoms with Crippen LogP contribution in [0, 0.1) is 5.92 Å². The predicted octanol–water partition coefficient (Wildman–Crippen LogP) is 4.16. The van der Waals surface area contributed by atoms with Crippen molar-refractivity contribution >= 4 is 11.9 Å². The van der Waals surface area contributed by atoms with E-state index in [2.05, 4.69) is 39.7 Å². The molecule has 2 atom stereocenters. The number of rotatable bonds is 5. The first-order valence-corrected chi connectivity index (χ1v) is 11.3. The van der Waals surface area contributed by atoms with E-state index >= 15 is 0 Å². The highest BCUT2D eigenvalue weighted by Gasteiger charge is 2.31. The molecule has 1 aromatic heterocycles. The highest BCUT2D eigenvalue weighted by molar-refractivity contribution is 5.80. The Bertz CT molecular complexity index is 1080. The molecule has 0 bridgehead atoms. The molecular weight excluding hydrogens is 404 g/mol.